The zero-order chi connectivity index (χ0) is 15.4. The van der Waals surface area contributed by atoms with E-state index in [0.29, 0.717) is 5.03 Å². The van der Waals surface area contributed by atoms with Crippen LogP contribution in [0.4, 0.5) is 10.1 Å². The average molecular weight is 371 g/mol. The molecule has 0 amide bonds. The molecule has 1 aromatic carbocycles. The van der Waals surface area contributed by atoms with Crippen molar-refractivity contribution < 1.29 is 13.9 Å². The Hall–Kier alpha value is -1.60. The lowest BCUT2D eigenvalue weighted by Gasteiger charge is -2.09. The summed E-state index contributed by atoms with van der Waals surface area (Å²) in [6.45, 7) is 1.92. The average Bonchev–Trinajstić information content (AvgIpc) is 2.44. The van der Waals surface area contributed by atoms with Gasteiger partial charge in [-0.3, -0.25) is 0 Å². The lowest BCUT2D eigenvalue weighted by molar-refractivity contribution is 0.0527. The van der Waals surface area contributed by atoms with Crippen LogP contribution in [0.2, 0.25) is 0 Å². The normalized spacial score (nSPS) is 10.4. The van der Waals surface area contributed by atoms with E-state index in [1.807, 2.05) is 0 Å². The van der Waals surface area contributed by atoms with Crippen LogP contribution in [0.15, 0.2) is 44.9 Å². The van der Waals surface area contributed by atoms with E-state index in [1.54, 1.807) is 25.3 Å². The number of benzene rings is 1. The van der Waals surface area contributed by atoms with Crippen LogP contribution in [0.3, 0.4) is 0 Å². The van der Waals surface area contributed by atoms with Crippen LogP contribution < -0.4 is 5.73 Å². The topological polar surface area (TPSA) is 65.2 Å². The van der Waals surface area contributed by atoms with Gasteiger partial charge in [0.15, 0.2) is 0 Å². The largest absolute Gasteiger partial charge is 0.462 e. The minimum atomic E-state index is -0.569. The van der Waals surface area contributed by atoms with Gasteiger partial charge in [-0.1, -0.05) is 11.8 Å². The number of halogens is 2. The number of hydrogen-bond donors (Lipinski definition) is 1. The molecule has 1 heterocycles. The maximum atomic E-state index is 14.0. The van der Waals surface area contributed by atoms with Gasteiger partial charge in [-0.2, -0.15) is 0 Å². The molecule has 7 heteroatoms. The molecule has 110 valence electrons. The van der Waals surface area contributed by atoms with Crippen molar-refractivity contribution in [3.63, 3.8) is 0 Å². The summed E-state index contributed by atoms with van der Waals surface area (Å²) < 4.78 is 19.7. The van der Waals surface area contributed by atoms with Gasteiger partial charge < -0.3 is 10.5 Å². The van der Waals surface area contributed by atoms with Crippen molar-refractivity contribution in [3.8, 4) is 0 Å². The third-order valence-electron chi connectivity index (χ3n) is 2.51. The molecule has 0 saturated carbocycles. The van der Waals surface area contributed by atoms with E-state index in [2.05, 4.69) is 20.9 Å². The first-order chi connectivity index (χ1) is 10.0. The molecule has 0 unspecified atom stereocenters. The predicted molar refractivity (Wildman–Crippen MR) is 82.8 cm³/mol. The Morgan fingerprint density at radius 3 is 2.86 bits per heavy atom. The number of carbonyl (C=O) groups excluding carboxylic acids is 1. The zero-order valence-electron chi connectivity index (χ0n) is 11.1. The van der Waals surface area contributed by atoms with Gasteiger partial charge in [0, 0.05) is 16.4 Å². The highest BCUT2D eigenvalue weighted by molar-refractivity contribution is 9.10. The van der Waals surface area contributed by atoms with Crippen molar-refractivity contribution in [3.05, 3.63) is 46.3 Å². The number of pyridine rings is 1. The number of nitrogens with two attached hydrogens (primary N) is 1. The number of hydrogen-bond acceptors (Lipinski definition) is 5. The Morgan fingerprint density at radius 1 is 1.48 bits per heavy atom. The summed E-state index contributed by atoms with van der Waals surface area (Å²) in [5, 5.41) is 0.608. The lowest BCUT2D eigenvalue weighted by Crippen LogP contribution is -2.08. The zero-order valence-corrected chi connectivity index (χ0v) is 13.5. The highest BCUT2D eigenvalue weighted by Crippen LogP contribution is 2.32. The molecule has 2 aromatic rings. The van der Waals surface area contributed by atoms with Crippen LogP contribution >= 0.6 is 27.7 Å². The molecular formula is C14H12BrFN2O2S. The van der Waals surface area contributed by atoms with Crippen molar-refractivity contribution in [1.29, 1.82) is 0 Å². The third-order valence-corrected chi connectivity index (χ3v) is 3.97. The quantitative estimate of drug-likeness (QED) is 0.653. The monoisotopic (exact) mass is 370 g/mol. The van der Waals surface area contributed by atoms with Crippen LogP contribution in [0.1, 0.15) is 17.3 Å². The highest BCUT2D eigenvalue weighted by Gasteiger charge is 2.16. The van der Waals surface area contributed by atoms with Gasteiger partial charge in [-0.25, -0.2) is 14.2 Å². The number of rotatable bonds is 4. The summed E-state index contributed by atoms with van der Waals surface area (Å²) in [5.41, 5.74) is 5.87. The van der Waals surface area contributed by atoms with Crippen LogP contribution in [-0.2, 0) is 4.74 Å². The second kappa shape index (κ2) is 6.91. The van der Waals surface area contributed by atoms with Crippen molar-refractivity contribution >= 4 is 39.3 Å². The summed E-state index contributed by atoms with van der Waals surface area (Å²) in [6.07, 6.45) is 1.61. The van der Waals surface area contributed by atoms with Crippen LogP contribution in [0, 0.1) is 5.82 Å². The summed E-state index contributed by atoms with van der Waals surface area (Å²) >= 11 is 4.39. The third kappa shape index (κ3) is 3.95. The standard InChI is InChI=1S/C14H12BrFN2O2S/c1-2-20-14(19)9-5-12(10(16)6-11(9)17)21-13-4-3-8(15)7-18-13/h3-7H,2,17H2,1H3. The van der Waals surface area contributed by atoms with Crippen LogP contribution in [-0.4, -0.2) is 17.6 Å². The van der Waals surface area contributed by atoms with E-state index < -0.39 is 11.8 Å². The van der Waals surface area contributed by atoms with E-state index >= 15 is 0 Å². The summed E-state index contributed by atoms with van der Waals surface area (Å²) in [6, 6.07) is 6.05. The number of ether oxygens (including phenoxy) is 1. The van der Waals surface area contributed by atoms with Gasteiger partial charge in [-0.05, 0) is 47.1 Å². The predicted octanol–water partition coefficient (Wildman–Crippen LogP) is 3.89. The van der Waals surface area contributed by atoms with Gasteiger partial charge in [0.2, 0.25) is 0 Å². The SMILES string of the molecule is CCOC(=O)c1cc(Sc2ccc(Br)cn2)c(F)cc1N. The lowest BCUT2D eigenvalue weighted by atomic mass is 10.2. The molecule has 0 fully saturated rings. The fourth-order valence-corrected chi connectivity index (χ4v) is 2.60. The van der Waals surface area contributed by atoms with E-state index in [4.69, 9.17) is 10.5 Å². The second-order valence-electron chi connectivity index (χ2n) is 4.01. The molecule has 2 N–H and O–H groups in total. The fraction of sp³-hybridized carbons (Fsp3) is 0.143. The number of carbonyl (C=O) groups is 1. The first-order valence-corrected chi connectivity index (χ1v) is 7.67. The molecular weight excluding hydrogens is 359 g/mol. The first kappa shape index (κ1) is 15.8. The number of anilines is 1. The summed E-state index contributed by atoms with van der Waals surface area (Å²) in [4.78, 5) is 16.2. The Kier molecular flexibility index (Phi) is 5.19. The Morgan fingerprint density at radius 2 is 2.24 bits per heavy atom. The number of aromatic nitrogens is 1. The van der Waals surface area contributed by atoms with E-state index in [0.717, 1.165) is 22.3 Å². The molecule has 0 saturated heterocycles. The minimum Gasteiger partial charge on any atom is -0.462 e. The van der Waals surface area contributed by atoms with Gasteiger partial charge in [0.05, 0.1) is 17.1 Å². The Balaban J connectivity index is 2.32. The Bertz CT molecular complexity index is 665. The molecule has 0 bridgehead atoms. The molecule has 0 spiro atoms. The molecule has 21 heavy (non-hydrogen) atoms. The number of nitrogens with zero attached hydrogens (tertiary/aromatic N) is 1. The molecule has 0 aliphatic heterocycles. The number of nitrogen functional groups attached to an aromatic ring is 1. The van der Waals surface area contributed by atoms with Gasteiger partial charge in [0.25, 0.3) is 0 Å². The van der Waals surface area contributed by atoms with E-state index in [9.17, 15) is 9.18 Å². The molecule has 0 aliphatic carbocycles. The molecule has 0 aliphatic rings. The fourth-order valence-electron chi connectivity index (χ4n) is 1.57. The number of esters is 1. The summed E-state index contributed by atoms with van der Waals surface area (Å²) in [7, 11) is 0. The molecule has 2 rings (SSSR count). The van der Waals surface area contributed by atoms with Gasteiger partial charge in [0.1, 0.15) is 10.8 Å². The van der Waals surface area contributed by atoms with E-state index in [-0.39, 0.29) is 22.8 Å². The van der Waals surface area contributed by atoms with E-state index in [1.165, 1.54) is 6.07 Å². The van der Waals surface area contributed by atoms with Crippen LogP contribution in [0.25, 0.3) is 0 Å². The summed E-state index contributed by atoms with van der Waals surface area (Å²) in [5.74, 6) is -1.07. The highest BCUT2D eigenvalue weighted by atomic mass is 79.9. The first-order valence-electron chi connectivity index (χ1n) is 6.06. The second-order valence-corrected chi connectivity index (χ2v) is 5.98. The molecule has 4 nitrogen and oxygen atoms in total. The van der Waals surface area contributed by atoms with Gasteiger partial charge >= 0.3 is 5.97 Å². The Labute approximate surface area is 134 Å². The molecule has 0 radical (unpaired) electrons. The van der Waals surface area contributed by atoms with Crippen LogP contribution in [0.5, 0.6) is 0 Å². The molecule has 1 aromatic heterocycles. The smallest absolute Gasteiger partial charge is 0.340 e. The van der Waals surface area contributed by atoms with Crippen molar-refractivity contribution in [1.82, 2.24) is 4.98 Å². The molecule has 0 atom stereocenters. The minimum absolute atomic E-state index is 0.0547. The maximum Gasteiger partial charge on any atom is 0.340 e. The van der Waals surface area contributed by atoms with Crippen molar-refractivity contribution in [2.24, 2.45) is 0 Å². The van der Waals surface area contributed by atoms with Crippen molar-refractivity contribution in [2.45, 2.75) is 16.8 Å². The van der Waals surface area contributed by atoms with Gasteiger partial charge in [-0.15, -0.1) is 0 Å². The van der Waals surface area contributed by atoms with Crippen molar-refractivity contribution in [2.75, 3.05) is 12.3 Å². The maximum absolute atomic E-state index is 14.0.